The predicted octanol–water partition coefficient (Wildman–Crippen LogP) is 5.77. The predicted molar refractivity (Wildman–Crippen MR) is 125 cm³/mol. The van der Waals surface area contributed by atoms with E-state index in [0.717, 1.165) is 35.5 Å². The summed E-state index contributed by atoms with van der Waals surface area (Å²) in [7, 11) is 0. The van der Waals surface area contributed by atoms with E-state index in [1.807, 2.05) is 30.3 Å². The summed E-state index contributed by atoms with van der Waals surface area (Å²) < 4.78 is 5.64. The van der Waals surface area contributed by atoms with Crippen LogP contribution in [-0.4, -0.2) is 17.5 Å². The van der Waals surface area contributed by atoms with E-state index in [9.17, 15) is 10.1 Å². The molecule has 0 atom stereocenters. The number of unbranched alkanes of at least 4 members (excludes halogenated alkanes) is 1. The molecule has 6 heteroatoms. The quantitative estimate of drug-likeness (QED) is 0.265. The van der Waals surface area contributed by atoms with Crippen LogP contribution < -0.4 is 10.1 Å². The summed E-state index contributed by atoms with van der Waals surface area (Å²) in [5.74, 6) is 0.305. The monoisotopic (exact) mass is 431 g/mol. The number of aryl methyl sites for hydroxylation is 1. The van der Waals surface area contributed by atoms with Crippen molar-refractivity contribution in [2.24, 2.45) is 0 Å². The Hall–Kier alpha value is -3.43. The van der Waals surface area contributed by atoms with Crippen molar-refractivity contribution in [2.75, 3.05) is 11.9 Å². The summed E-state index contributed by atoms with van der Waals surface area (Å²) >= 11 is 1.41. The lowest BCUT2D eigenvalue weighted by molar-refractivity contribution is -0.112. The Kier molecular flexibility index (Phi) is 7.97. The Balaban J connectivity index is 1.61. The summed E-state index contributed by atoms with van der Waals surface area (Å²) in [6.45, 7) is 4.85. The van der Waals surface area contributed by atoms with Crippen molar-refractivity contribution >= 4 is 28.5 Å². The molecular weight excluding hydrogens is 406 g/mol. The van der Waals surface area contributed by atoms with Crippen LogP contribution in [0.5, 0.6) is 5.75 Å². The molecule has 1 heterocycles. The molecule has 0 saturated carbocycles. The lowest BCUT2D eigenvalue weighted by atomic mass is 10.1. The molecule has 2 aromatic carbocycles. The molecule has 1 aromatic heterocycles. The van der Waals surface area contributed by atoms with Crippen molar-refractivity contribution in [1.82, 2.24) is 4.98 Å². The number of carbonyl (C=O) groups excluding carboxylic acids is 1. The van der Waals surface area contributed by atoms with E-state index in [1.54, 1.807) is 12.3 Å². The molecule has 3 rings (SSSR count). The number of rotatable bonds is 9. The third-order valence-corrected chi connectivity index (χ3v) is 5.51. The average molecular weight is 432 g/mol. The van der Waals surface area contributed by atoms with E-state index in [-0.39, 0.29) is 5.57 Å². The highest BCUT2D eigenvalue weighted by atomic mass is 32.1. The Morgan fingerprint density at radius 2 is 1.94 bits per heavy atom. The van der Waals surface area contributed by atoms with Gasteiger partial charge in [0.25, 0.3) is 5.91 Å². The van der Waals surface area contributed by atoms with Crippen LogP contribution in [0.15, 0.2) is 60.3 Å². The van der Waals surface area contributed by atoms with E-state index in [0.29, 0.717) is 11.7 Å². The number of aromatic nitrogens is 1. The lowest BCUT2D eigenvalue weighted by Gasteiger charge is -2.05. The SMILES string of the molecule is CCCCOc1ccc(C=C(C#N)C(=O)Nc2ncc(Cc3ccc(C)cc3)s2)cc1. The molecule has 1 amide bonds. The number of hydrogen-bond donors (Lipinski definition) is 1. The molecule has 158 valence electrons. The second-order valence-corrected chi connectivity index (χ2v) is 8.30. The van der Waals surface area contributed by atoms with Crippen molar-refractivity contribution in [1.29, 1.82) is 5.26 Å². The normalized spacial score (nSPS) is 11.1. The number of hydrogen-bond acceptors (Lipinski definition) is 5. The number of benzene rings is 2. The fourth-order valence-corrected chi connectivity index (χ4v) is 3.67. The molecule has 3 aromatic rings. The third-order valence-electron chi connectivity index (χ3n) is 4.60. The molecule has 0 spiro atoms. The van der Waals surface area contributed by atoms with Gasteiger partial charge in [-0.1, -0.05) is 55.3 Å². The van der Waals surface area contributed by atoms with Gasteiger partial charge in [0.15, 0.2) is 5.13 Å². The molecule has 5 nitrogen and oxygen atoms in total. The molecule has 0 aliphatic rings. The van der Waals surface area contributed by atoms with Crippen molar-refractivity contribution in [2.45, 2.75) is 33.1 Å². The fraction of sp³-hybridized carbons (Fsp3) is 0.240. The lowest BCUT2D eigenvalue weighted by Crippen LogP contribution is -2.13. The largest absolute Gasteiger partial charge is 0.494 e. The Labute approximate surface area is 187 Å². The Morgan fingerprint density at radius 3 is 2.61 bits per heavy atom. The van der Waals surface area contributed by atoms with Crippen molar-refractivity contribution < 1.29 is 9.53 Å². The number of carbonyl (C=O) groups is 1. The van der Waals surface area contributed by atoms with E-state index < -0.39 is 5.91 Å². The van der Waals surface area contributed by atoms with Crippen molar-refractivity contribution in [3.8, 4) is 11.8 Å². The van der Waals surface area contributed by atoms with Gasteiger partial charge in [0.05, 0.1) is 6.61 Å². The first-order valence-corrected chi connectivity index (χ1v) is 11.1. The van der Waals surface area contributed by atoms with Crippen LogP contribution in [0.1, 0.15) is 41.3 Å². The van der Waals surface area contributed by atoms with Gasteiger partial charge >= 0.3 is 0 Å². The van der Waals surface area contributed by atoms with Gasteiger partial charge in [0.1, 0.15) is 17.4 Å². The average Bonchev–Trinajstić information content (AvgIpc) is 3.21. The van der Waals surface area contributed by atoms with Gasteiger partial charge in [-0.05, 0) is 42.7 Å². The molecule has 0 saturated heterocycles. The number of nitrogens with zero attached hydrogens (tertiary/aromatic N) is 2. The molecule has 31 heavy (non-hydrogen) atoms. The second kappa shape index (κ2) is 11.1. The van der Waals surface area contributed by atoms with Crippen LogP contribution in [0.25, 0.3) is 6.08 Å². The van der Waals surface area contributed by atoms with Gasteiger partial charge in [0, 0.05) is 17.5 Å². The highest BCUT2D eigenvalue weighted by Crippen LogP contribution is 2.22. The van der Waals surface area contributed by atoms with Gasteiger partial charge in [-0.15, -0.1) is 11.3 Å². The standard InChI is InChI=1S/C25H25N3O2S/c1-3-4-13-30-22-11-9-19(10-12-22)14-21(16-26)24(29)28-25-27-17-23(31-25)15-20-7-5-18(2)6-8-20/h5-12,14,17H,3-4,13,15H2,1-2H3,(H,27,28,29). The van der Waals surface area contributed by atoms with Crippen LogP contribution in [0.3, 0.4) is 0 Å². The zero-order valence-corrected chi connectivity index (χ0v) is 18.5. The van der Waals surface area contributed by atoms with Crippen LogP contribution in [0.2, 0.25) is 0 Å². The summed E-state index contributed by atoms with van der Waals surface area (Å²) in [5.41, 5.74) is 3.19. The van der Waals surface area contributed by atoms with E-state index in [4.69, 9.17) is 4.74 Å². The first kappa shape index (κ1) is 22.3. The highest BCUT2D eigenvalue weighted by molar-refractivity contribution is 7.15. The summed E-state index contributed by atoms with van der Waals surface area (Å²) in [6.07, 6.45) is 6.15. The minimum absolute atomic E-state index is 0.0231. The van der Waals surface area contributed by atoms with E-state index in [1.165, 1.54) is 22.5 Å². The van der Waals surface area contributed by atoms with Crippen LogP contribution in [-0.2, 0) is 11.2 Å². The zero-order chi connectivity index (χ0) is 22.1. The maximum absolute atomic E-state index is 12.5. The third kappa shape index (κ3) is 6.80. The van der Waals surface area contributed by atoms with Crippen LogP contribution >= 0.6 is 11.3 Å². The van der Waals surface area contributed by atoms with Gasteiger partial charge in [-0.25, -0.2) is 4.98 Å². The number of thiazole rings is 1. The minimum atomic E-state index is -0.470. The first-order valence-electron chi connectivity index (χ1n) is 10.2. The summed E-state index contributed by atoms with van der Waals surface area (Å²) in [6, 6.07) is 17.6. The Bertz CT molecular complexity index is 1080. The molecule has 0 aliphatic heterocycles. The number of nitriles is 1. The van der Waals surface area contributed by atoms with Gasteiger partial charge < -0.3 is 4.74 Å². The number of anilines is 1. The molecular formula is C25H25N3O2S. The molecule has 1 N–H and O–H groups in total. The molecule has 0 radical (unpaired) electrons. The number of amides is 1. The topological polar surface area (TPSA) is 75.0 Å². The van der Waals surface area contributed by atoms with Gasteiger partial charge in [-0.2, -0.15) is 5.26 Å². The Morgan fingerprint density at radius 1 is 1.19 bits per heavy atom. The summed E-state index contributed by atoms with van der Waals surface area (Å²) in [4.78, 5) is 17.9. The van der Waals surface area contributed by atoms with E-state index in [2.05, 4.69) is 48.4 Å². The second-order valence-electron chi connectivity index (χ2n) is 7.19. The van der Waals surface area contributed by atoms with Crippen LogP contribution in [0.4, 0.5) is 5.13 Å². The minimum Gasteiger partial charge on any atom is -0.494 e. The first-order chi connectivity index (χ1) is 15.1. The highest BCUT2D eigenvalue weighted by Gasteiger charge is 2.12. The van der Waals surface area contributed by atoms with Gasteiger partial charge in [0.2, 0.25) is 0 Å². The maximum atomic E-state index is 12.5. The van der Waals surface area contributed by atoms with E-state index >= 15 is 0 Å². The number of nitrogens with one attached hydrogen (secondary N) is 1. The molecule has 0 unspecified atom stereocenters. The van der Waals surface area contributed by atoms with Crippen molar-refractivity contribution in [3.63, 3.8) is 0 Å². The van der Waals surface area contributed by atoms with Crippen LogP contribution in [0, 0.1) is 18.3 Å². The molecule has 0 fully saturated rings. The maximum Gasteiger partial charge on any atom is 0.268 e. The molecule has 0 aliphatic carbocycles. The van der Waals surface area contributed by atoms with Gasteiger partial charge in [-0.3, -0.25) is 10.1 Å². The zero-order valence-electron chi connectivity index (χ0n) is 17.7. The van der Waals surface area contributed by atoms with Crippen molar-refractivity contribution in [3.05, 3.63) is 81.9 Å². The number of ether oxygens (including phenoxy) is 1. The molecule has 0 bridgehead atoms. The fourth-order valence-electron chi connectivity index (χ4n) is 2.83. The summed E-state index contributed by atoms with van der Waals surface area (Å²) in [5, 5.41) is 12.6. The smallest absolute Gasteiger partial charge is 0.268 e.